The number of carbonyl (C=O) groups is 1. The number of carbonyl (C=O) groups excluding carboxylic acids is 1. The first-order valence-electron chi connectivity index (χ1n) is 10.4. The number of rotatable bonds is 9. The van der Waals surface area contributed by atoms with Crippen LogP contribution in [0.3, 0.4) is 0 Å². The van der Waals surface area contributed by atoms with Crippen LogP contribution in [-0.2, 0) is 4.79 Å². The number of methoxy groups -OCH3 is 1. The highest BCUT2D eigenvalue weighted by atomic mass is 32.2. The Kier molecular flexibility index (Phi) is 7.51. The molecule has 0 saturated carbocycles. The van der Waals surface area contributed by atoms with E-state index in [0.29, 0.717) is 11.7 Å². The summed E-state index contributed by atoms with van der Waals surface area (Å²) in [5, 5.41) is 11.8. The van der Waals surface area contributed by atoms with Gasteiger partial charge in [0.15, 0.2) is 5.16 Å². The fourth-order valence-electron chi connectivity index (χ4n) is 3.40. The van der Waals surface area contributed by atoms with Crippen molar-refractivity contribution in [3.05, 3.63) is 49.1 Å². The number of benzene rings is 1. The Labute approximate surface area is 191 Å². The lowest BCUT2D eigenvalue weighted by Crippen LogP contribution is -2.49. The topological polar surface area (TPSA) is 101 Å². The summed E-state index contributed by atoms with van der Waals surface area (Å²) in [4.78, 5) is 25.4. The molecule has 1 amide bonds. The molecule has 0 radical (unpaired) electrons. The summed E-state index contributed by atoms with van der Waals surface area (Å²) in [6, 6.07) is 9.43. The van der Waals surface area contributed by atoms with Gasteiger partial charge in [-0.15, -0.1) is 10.2 Å². The Bertz CT molecular complexity index is 991. The number of ether oxygens (including phenoxy) is 1. The van der Waals surface area contributed by atoms with Crippen LogP contribution in [-0.4, -0.2) is 87.7 Å². The number of nitrogens with one attached hydrogen (secondary N) is 1. The van der Waals surface area contributed by atoms with E-state index in [9.17, 15) is 4.79 Å². The molecule has 0 bridgehead atoms. The van der Waals surface area contributed by atoms with Gasteiger partial charge in [-0.3, -0.25) is 14.3 Å². The fraction of sp³-hybridized carbons (Fsp3) is 0.381. The monoisotopic (exact) mass is 454 g/mol. The predicted molar refractivity (Wildman–Crippen MR) is 122 cm³/mol. The number of aromatic nitrogens is 5. The number of nitrogens with zero attached hydrogens (tertiary/aromatic N) is 7. The van der Waals surface area contributed by atoms with Crippen molar-refractivity contribution in [1.82, 2.24) is 34.9 Å². The average molecular weight is 455 g/mol. The summed E-state index contributed by atoms with van der Waals surface area (Å²) in [5.41, 5.74) is 0.916. The Morgan fingerprint density at radius 1 is 1.12 bits per heavy atom. The number of hydrogen-bond acceptors (Lipinski definition) is 9. The largest absolute Gasteiger partial charge is 0.497 e. The zero-order chi connectivity index (χ0) is 22.2. The molecule has 32 heavy (non-hydrogen) atoms. The number of piperazine rings is 1. The minimum Gasteiger partial charge on any atom is -0.497 e. The molecule has 11 heteroatoms. The second kappa shape index (κ2) is 10.9. The second-order valence-electron chi connectivity index (χ2n) is 7.20. The van der Waals surface area contributed by atoms with Gasteiger partial charge in [0.2, 0.25) is 11.9 Å². The Morgan fingerprint density at radius 2 is 1.88 bits per heavy atom. The van der Waals surface area contributed by atoms with Crippen molar-refractivity contribution >= 4 is 23.6 Å². The smallest absolute Gasteiger partial charge is 0.230 e. The van der Waals surface area contributed by atoms with Crippen LogP contribution in [0.2, 0.25) is 0 Å². The summed E-state index contributed by atoms with van der Waals surface area (Å²) in [7, 11) is 1.63. The van der Waals surface area contributed by atoms with E-state index in [0.717, 1.165) is 50.1 Å². The van der Waals surface area contributed by atoms with Gasteiger partial charge in [-0.1, -0.05) is 11.8 Å². The maximum absolute atomic E-state index is 12.3. The van der Waals surface area contributed by atoms with Crippen molar-refractivity contribution in [3.8, 4) is 11.4 Å². The third-order valence-electron chi connectivity index (χ3n) is 5.16. The summed E-state index contributed by atoms with van der Waals surface area (Å²) >= 11 is 1.36. The van der Waals surface area contributed by atoms with E-state index >= 15 is 0 Å². The molecule has 10 nitrogen and oxygen atoms in total. The highest BCUT2D eigenvalue weighted by Gasteiger charge is 2.18. The molecule has 0 aliphatic carbocycles. The lowest BCUT2D eigenvalue weighted by atomic mass is 10.3. The van der Waals surface area contributed by atoms with Crippen LogP contribution in [0.15, 0.2) is 54.2 Å². The fourth-order valence-corrected chi connectivity index (χ4v) is 4.16. The van der Waals surface area contributed by atoms with Gasteiger partial charge < -0.3 is 15.0 Å². The molecule has 0 unspecified atom stereocenters. The highest BCUT2D eigenvalue weighted by molar-refractivity contribution is 7.99. The first kappa shape index (κ1) is 22.0. The molecule has 1 N–H and O–H groups in total. The lowest BCUT2D eigenvalue weighted by molar-refractivity contribution is -0.118. The lowest BCUT2D eigenvalue weighted by Gasteiger charge is -2.34. The van der Waals surface area contributed by atoms with E-state index in [1.54, 1.807) is 25.8 Å². The van der Waals surface area contributed by atoms with Crippen molar-refractivity contribution in [1.29, 1.82) is 0 Å². The number of amides is 1. The molecular weight excluding hydrogens is 428 g/mol. The molecule has 4 rings (SSSR count). The van der Waals surface area contributed by atoms with E-state index in [1.807, 2.05) is 34.9 Å². The standard InChI is InChI=1S/C21H26N8O2S/c1-31-18-5-3-17(4-6-18)29-16-25-26-21(29)32-15-19(30)22-9-10-27-11-13-28(14-12-27)20-23-7-2-8-24-20/h2-8,16H,9-15H2,1H3,(H,22,30). The molecular formula is C21H26N8O2S. The van der Waals surface area contributed by atoms with Crippen molar-refractivity contribution in [3.63, 3.8) is 0 Å². The van der Waals surface area contributed by atoms with E-state index in [1.165, 1.54) is 11.8 Å². The van der Waals surface area contributed by atoms with Crippen molar-refractivity contribution < 1.29 is 9.53 Å². The minimum absolute atomic E-state index is 0.0180. The van der Waals surface area contributed by atoms with Crippen LogP contribution in [0.25, 0.3) is 5.69 Å². The molecule has 1 aliphatic rings. The quantitative estimate of drug-likeness (QED) is 0.476. The van der Waals surface area contributed by atoms with Gasteiger partial charge in [0.1, 0.15) is 12.1 Å². The van der Waals surface area contributed by atoms with Crippen molar-refractivity contribution in [2.75, 3.05) is 57.0 Å². The first-order valence-corrected chi connectivity index (χ1v) is 11.4. The molecule has 1 saturated heterocycles. The van der Waals surface area contributed by atoms with Crippen LogP contribution < -0.4 is 15.0 Å². The molecule has 3 heterocycles. The van der Waals surface area contributed by atoms with Crippen LogP contribution in [0.5, 0.6) is 5.75 Å². The van der Waals surface area contributed by atoms with Gasteiger partial charge in [0.05, 0.1) is 12.9 Å². The maximum atomic E-state index is 12.3. The minimum atomic E-state index is -0.0180. The van der Waals surface area contributed by atoms with E-state index in [2.05, 4.69) is 35.3 Å². The number of hydrogen-bond donors (Lipinski definition) is 1. The molecule has 0 atom stereocenters. The second-order valence-corrected chi connectivity index (χ2v) is 8.14. The van der Waals surface area contributed by atoms with E-state index in [-0.39, 0.29) is 11.7 Å². The third-order valence-corrected chi connectivity index (χ3v) is 6.10. The summed E-state index contributed by atoms with van der Waals surface area (Å²) in [5.74, 6) is 1.83. The number of anilines is 1. The molecule has 2 aromatic heterocycles. The van der Waals surface area contributed by atoms with Crippen LogP contribution in [0.1, 0.15) is 0 Å². The average Bonchev–Trinajstić information content (AvgIpc) is 3.32. The Balaban J connectivity index is 1.17. The number of thioether (sulfide) groups is 1. The summed E-state index contributed by atoms with van der Waals surface area (Å²) in [6.45, 7) is 5.06. The molecule has 3 aromatic rings. The molecule has 168 valence electrons. The van der Waals surface area contributed by atoms with Gasteiger partial charge in [0, 0.05) is 57.3 Å². The molecule has 1 aromatic carbocycles. The SMILES string of the molecule is COc1ccc(-n2cnnc2SCC(=O)NCCN2CCN(c3ncccn3)CC2)cc1. The van der Waals surface area contributed by atoms with Gasteiger partial charge >= 0.3 is 0 Å². The predicted octanol–water partition coefficient (Wildman–Crippen LogP) is 1.10. The van der Waals surface area contributed by atoms with Crippen molar-refractivity contribution in [2.45, 2.75) is 5.16 Å². The summed E-state index contributed by atoms with van der Waals surface area (Å²) < 4.78 is 7.05. The molecule has 1 aliphatic heterocycles. The Morgan fingerprint density at radius 3 is 2.59 bits per heavy atom. The normalized spacial score (nSPS) is 14.3. The van der Waals surface area contributed by atoms with Gasteiger partial charge in [-0.05, 0) is 30.3 Å². The van der Waals surface area contributed by atoms with Gasteiger partial charge in [0.25, 0.3) is 0 Å². The summed E-state index contributed by atoms with van der Waals surface area (Å²) in [6.07, 6.45) is 5.17. The van der Waals surface area contributed by atoms with Gasteiger partial charge in [-0.2, -0.15) is 0 Å². The van der Waals surface area contributed by atoms with Gasteiger partial charge in [-0.25, -0.2) is 9.97 Å². The third kappa shape index (κ3) is 5.74. The van der Waals surface area contributed by atoms with E-state index in [4.69, 9.17) is 4.74 Å². The molecule has 0 spiro atoms. The highest BCUT2D eigenvalue weighted by Crippen LogP contribution is 2.21. The first-order chi connectivity index (χ1) is 15.7. The van der Waals surface area contributed by atoms with E-state index < -0.39 is 0 Å². The zero-order valence-electron chi connectivity index (χ0n) is 17.9. The van der Waals surface area contributed by atoms with Crippen LogP contribution in [0, 0.1) is 0 Å². The Hall–Kier alpha value is -3.18. The van der Waals surface area contributed by atoms with Crippen molar-refractivity contribution in [2.24, 2.45) is 0 Å². The zero-order valence-corrected chi connectivity index (χ0v) is 18.7. The van der Waals surface area contributed by atoms with Crippen LogP contribution in [0.4, 0.5) is 5.95 Å². The maximum Gasteiger partial charge on any atom is 0.230 e. The molecule has 1 fully saturated rings. The van der Waals surface area contributed by atoms with Crippen LogP contribution >= 0.6 is 11.8 Å².